The van der Waals surface area contributed by atoms with Crippen LogP contribution in [0.15, 0.2) is 0 Å². The van der Waals surface area contributed by atoms with Gasteiger partial charge in [0.15, 0.2) is 6.23 Å². The normalized spacial score (nSPS) is 23.3. The Morgan fingerprint density at radius 3 is 2.75 bits per heavy atom. The first kappa shape index (κ1) is 13.3. The van der Waals surface area contributed by atoms with Gasteiger partial charge in [0.1, 0.15) is 5.01 Å². The fourth-order valence-corrected chi connectivity index (χ4v) is 3.08. The number of rotatable bonds is 3. The molecule has 1 aliphatic carbocycles. The van der Waals surface area contributed by atoms with Crippen LogP contribution in [0.1, 0.15) is 31.7 Å². The van der Waals surface area contributed by atoms with Gasteiger partial charge in [0, 0.05) is 6.04 Å². The third-order valence-electron chi connectivity index (χ3n) is 3.61. The number of aliphatic hydroxyl groups excluding tert-OH is 1. The number of hydrogen-bond donors (Lipinski definition) is 1. The Morgan fingerprint density at radius 2 is 2.15 bits per heavy atom. The fourth-order valence-electron chi connectivity index (χ4n) is 2.13. The van der Waals surface area contributed by atoms with Crippen molar-refractivity contribution >= 4 is 22.5 Å². The monoisotopic (exact) mass is 292 g/mol. The van der Waals surface area contributed by atoms with Crippen molar-refractivity contribution < 1.29 is 9.90 Å². The molecule has 2 heterocycles. The van der Waals surface area contributed by atoms with Crippen LogP contribution in [0, 0.1) is 12.3 Å². The SMILES string of the molecule is C#CC(C)(C)c1nnc(N2C(=O)N(C3CC3)CC2O)s1. The quantitative estimate of drug-likeness (QED) is 0.849. The number of β-amino-alcohol motifs (C(OH)–C–C–N with tert-alkyl or cyclic N) is 1. The summed E-state index contributed by atoms with van der Waals surface area (Å²) in [5, 5.41) is 19.2. The average molecular weight is 292 g/mol. The van der Waals surface area contributed by atoms with Crippen LogP contribution in [0.25, 0.3) is 0 Å². The zero-order valence-corrected chi connectivity index (χ0v) is 12.2. The number of hydrogen-bond acceptors (Lipinski definition) is 5. The molecule has 20 heavy (non-hydrogen) atoms. The van der Waals surface area contributed by atoms with Crippen molar-refractivity contribution in [3.8, 4) is 12.3 Å². The zero-order valence-electron chi connectivity index (χ0n) is 11.4. The van der Waals surface area contributed by atoms with Crippen molar-refractivity contribution in [2.75, 3.05) is 11.4 Å². The third kappa shape index (κ3) is 2.05. The molecule has 1 unspecified atom stereocenters. The van der Waals surface area contributed by atoms with E-state index in [4.69, 9.17) is 6.42 Å². The van der Waals surface area contributed by atoms with Gasteiger partial charge in [0.05, 0.1) is 12.0 Å². The Kier molecular flexibility index (Phi) is 2.96. The number of aliphatic hydroxyl groups is 1. The molecule has 2 amide bonds. The van der Waals surface area contributed by atoms with Crippen LogP contribution in [-0.2, 0) is 5.41 Å². The lowest BCUT2D eigenvalue weighted by molar-refractivity contribution is 0.175. The molecule has 0 aromatic carbocycles. The molecular formula is C13H16N4O2S. The largest absolute Gasteiger partial charge is 0.371 e. The minimum Gasteiger partial charge on any atom is -0.371 e. The maximum Gasteiger partial charge on any atom is 0.328 e. The van der Waals surface area contributed by atoms with E-state index in [2.05, 4.69) is 16.1 Å². The minimum absolute atomic E-state index is 0.193. The molecule has 6 nitrogen and oxygen atoms in total. The van der Waals surface area contributed by atoms with Gasteiger partial charge in [-0.25, -0.2) is 9.69 Å². The predicted molar refractivity (Wildman–Crippen MR) is 75.4 cm³/mol. The van der Waals surface area contributed by atoms with Crippen LogP contribution in [0.3, 0.4) is 0 Å². The summed E-state index contributed by atoms with van der Waals surface area (Å²) in [6.45, 7) is 4.07. The molecule has 1 saturated heterocycles. The van der Waals surface area contributed by atoms with Crippen molar-refractivity contribution in [1.29, 1.82) is 0 Å². The smallest absolute Gasteiger partial charge is 0.328 e. The lowest BCUT2D eigenvalue weighted by Crippen LogP contribution is -2.35. The van der Waals surface area contributed by atoms with Crippen LogP contribution in [0.2, 0.25) is 0 Å². The van der Waals surface area contributed by atoms with Crippen LogP contribution in [-0.4, -0.2) is 45.0 Å². The number of anilines is 1. The Labute approximate surface area is 121 Å². The first-order valence-corrected chi connectivity index (χ1v) is 7.35. The Bertz CT molecular complexity index is 587. The number of aromatic nitrogens is 2. The van der Waals surface area contributed by atoms with Gasteiger partial charge in [-0.1, -0.05) is 17.3 Å². The highest BCUT2D eigenvalue weighted by molar-refractivity contribution is 7.15. The van der Waals surface area contributed by atoms with Crippen molar-refractivity contribution in [2.45, 2.75) is 44.4 Å². The molecule has 3 rings (SSSR count). The summed E-state index contributed by atoms with van der Waals surface area (Å²) >= 11 is 1.26. The minimum atomic E-state index is -0.863. The van der Waals surface area contributed by atoms with Crippen LogP contribution in [0.4, 0.5) is 9.93 Å². The average Bonchev–Trinajstić information content (AvgIpc) is 3.05. The van der Waals surface area contributed by atoms with Crippen LogP contribution >= 0.6 is 11.3 Å². The molecule has 2 aliphatic rings. The van der Waals surface area contributed by atoms with Crippen molar-refractivity contribution in [3.05, 3.63) is 5.01 Å². The topological polar surface area (TPSA) is 69.6 Å². The Morgan fingerprint density at radius 1 is 1.45 bits per heavy atom. The van der Waals surface area contributed by atoms with Gasteiger partial charge >= 0.3 is 6.03 Å². The van der Waals surface area contributed by atoms with Gasteiger partial charge in [-0.05, 0) is 26.7 Å². The van der Waals surface area contributed by atoms with E-state index in [0.717, 1.165) is 12.8 Å². The number of carbonyl (C=O) groups excluding carboxylic acids is 1. The summed E-state index contributed by atoms with van der Waals surface area (Å²) in [4.78, 5) is 15.3. The number of amides is 2. The third-order valence-corrected chi connectivity index (χ3v) is 4.86. The molecule has 1 aliphatic heterocycles. The number of terminal acetylenes is 1. The van der Waals surface area contributed by atoms with Gasteiger partial charge in [0.25, 0.3) is 0 Å². The second-order valence-corrected chi connectivity index (χ2v) is 6.63. The first-order valence-electron chi connectivity index (χ1n) is 6.53. The molecule has 2 fully saturated rings. The lowest BCUT2D eigenvalue weighted by Gasteiger charge is -2.16. The van der Waals surface area contributed by atoms with E-state index < -0.39 is 11.6 Å². The van der Waals surface area contributed by atoms with E-state index in [9.17, 15) is 9.90 Å². The second-order valence-electron chi connectivity index (χ2n) is 5.68. The van der Waals surface area contributed by atoms with Crippen LogP contribution in [0.5, 0.6) is 0 Å². The number of nitrogens with zero attached hydrogens (tertiary/aromatic N) is 4. The fraction of sp³-hybridized carbons (Fsp3) is 0.615. The summed E-state index contributed by atoms with van der Waals surface area (Å²) < 4.78 is 0. The summed E-state index contributed by atoms with van der Waals surface area (Å²) in [6.07, 6.45) is 6.64. The summed E-state index contributed by atoms with van der Waals surface area (Å²) in [7, 11) is 0. The highest BCUT2D eigenvalue weighted by Crippen LogP contribution is 2.36. The molecule has 1 N–H and O–H groups in total. The van der Waals surface area contributed by atoms with E-state index in [1.54, 1.807) is 4.90 Å². The molecule has 1 aromatic heterocycles. The summed E-state index contributed by atoms with van der Waals surface area (Å²) in [5.74, 6) is 2.65. The summed E-state index contributed by atoms with van der Waals surface area (Å²) in [6, 6.07) is 0.0814. The summed E-state index contributed by atoms with van der Waals surface area (Å²) in [5.41, 5.74) is -0.528. The van der Waals surface area contributed by atoms with Gasteiger partial charge in [-0.3, -0.25) is 0 Å². The van der Waals surface area contributed by atoms with Crippen molar-refractivity contribution in [1.82, 2.24) is 15.1 Å². The Hall–Kier alpha value is -1.65. The second kappa shape index (κ2) is 4.43. The van der Waals surface area contributed by atoms with E-state index in [-0.39, 0.29) is 12.1 Å². The van der Waals surface area contributed by atoms with Gasteiger partial charge in [-0.2, -0.15) is 0 Å². The molecular weight excluding hydrogens is 276 g/mol. The van der Waals surface area contributed by atoms with Gasteiger partial charge < -0.3 is 10.0 Å². The maximum atomic E-state index is 12.3. The standard InChI is InChI=1S/C13H16N4O2S/c1-4-13(2,3)10-14-15-11(20-10)17-9(18)7-16(12(17)19)8-5-6-8/h1,8-9,18H,5-7H2,2-3H3. The highest BCUT2D eigenvalue weighted by Gasteiger charge is 2.45. The molecule has 7 heteroatoms. The van der Waals surface area contributed by atoms with E-state index in [0.29, 0.717) is 16.7 Å². The lowest BCUT2D eigenvalue weighted by atomic mass is 9.96. The van der Waals surface area contributed by atoms with Crippen molar-refractivity contribution in [3.63, 3.8) is 0 Å². The van der Waals surface area contributed by atoms with Crippen LogP contribution < -0.4 is 4.90 Å². The number of urea groups is 1. The van der Waals surface area contributed by atoms with Gasteiger partial charge in [-0.15, -0.1) is 16.6 Å². The molecule has 0 radical (unpaired) electrons. The highest BCUT2D eigenvalue weighted by atomic mass is 32.1. The van der Waals surface area contributed by atoms with E-state index in [1.165, 1.54) is 16.2 Å². The molecule has 1 saturated carbocycles. The molecule has 106 valence electrons. The van der Waals surface area contributed by atoms with Gasteiger partial charge in [0.2, 0.25) is 5.13 Å². The first-order chi connectivity index (χ1) is 9.44. The van der Waals surface area contributed by atoms with E-state index >= 15 is 0 Å². The zero-order chi connectivity index (χ0) is 14.5. The Balaban J connectivity index is 1.86. The predicted octanol–water partition coefficient (Wildman–Crippen LogP) is 1.17. The molecule has 1 aromatic rings. The maximum absolute atomic E-state index is 12.3. The molecule has 0 bridgehead atoms. The molecule has 0 spiro atoms. The molecule has 1 atom stereocenters. The number of carbonyl (C=O) groups is 1. The van der Waals surface area contributed by atoms with Crippen molar-refractivity contribution in [2.24, 2.45) is 0 Å². The van der Waals surface area contributed by atoms with E-state index in [1.807, 2.05) is 13.8 Å².